The van der Waals surface area contributed by atoms with Crippen molar-refractivity contribution in [3.8, 4) is 0 Å². The number of amides is 1. The predicted molar refractivity (Wildman–Crippen MR) is 118 cm³/mol. The van der Waals surface area contributed by atoms with Crippen LogP contribution >= 0.6 is 0 Å². The number of aryl methyl sites for hydroxylation is 3. The number of carbonyl (C=O) groups excluding carboxylic acids is 1. The lowest BCUT2D eigenvalue weighted by Crippen LogP contribution is -2.41. The van der Waals surface area contributed by atoms with Crippen molar-refractivity contribution in [1.82, 2.24) is 5.32 Å². The molecule has 0 bridgehead atoms. The molecule has 1 aliphatic carbocycles. The van der Waals surface area contributed by atoms with Crippen LogP contribution in [0.1, 0.15) is 55.0 Å². The third-order valence-electron chi connectivity index (χ3n) is 5.58. The number of sulfonamides is 1. The van der Waals surface area contributed by atoms with Crippen molar-refractivity contribution < 1.29 is 13.2 Å². The lowest BCUT2D eigenvalue weighted by molar-refractivity contribution is -0.120. The van der Waals surface area contributed by atoms with Crippen LogP contribution in [0.3, 0.4) is 0 Å². The Bertz CT molecular complexity index is 985. The number of carbonyl (C=O) groups is 1. The summed E-state index contributed by atoms with van der Waals surface area (Å²) in [6.45, 7) is 3.68. The molecule has 156 valence electrons. The first-order chi connectivity index (χ1) is 13.8. The Labute approximate surface area is 174 Å². The summed E-state index contributed by atoms with van der Waals surface area (Å²) in [5, 5.41) is 2.97. The molecule has 2 aromatic carbocycles. The second kappa shape index (κ2) is 8.99. The molecule has 0 radical (unpaired) electrons. The van der Waals surface area contributed by atoms with E-state index in [0.29, 0.717) is 12.1 Å². The molecule has 1 aliphatic rings. The smallest absolute Gasteiger partial charge is 0.241 e. The van der Waals surface area contributed by atoms with Crippen LogP contribution < -0.4 is 9.62 Å². The van der Waals surface area contributed by atoms with E-state index in [-0.39, 0.29) is 18.5 Å². The van der Waals surface area contributed by atoms with Gasteiger partial charge in [0.2, 0.25) is 15.9 Å². The van der Waals surface area contributed by atoms with E-state index in [0.717, 1.165) is 30.2 Å². The van der Waals surface area contributed by atoms with E-state index in [1.165, 1.54) is 28.3 Å². The fraction of sp³-hybridized carbons (Fsp3) is 0.435. The molecule has 29 heavy (non-hydrogen) atoms. The molecule has 0 saturated carbocycles. The molecule has 1 amide bonds. The number of rotatable bonds is 7. The van der Waals surface area contributed by atoms with Gasteiger partial charge in [-0.25, -0.2) is 8.42 Å². The van der Waals surface area contributed by atoms with Gasteiger partial charge in [-0.2, -0.15) is 0 Å². The molecule has 0 aromatic heterocycles. The molecule has 0 fully saturated rings. The zero-order valence-corrected chi connectivity index (χ0v) is 18.3. The molecular formula is C23H30N2O3S. The van der Waals surface area contributed by atoms with Crippen LogP contribution in [0.2, 0.25) is 0 Å². The predicted octanol–water partition coefficient (Wildman–Crippen LogP) is 3.77. The molecule has 0 spiro atoms. The summed E-state index contributed by atoms with van der Waals surface area (Å²) in [7, 11) is -3.59. The lowest BCUT2D eigenvalue weighted by atomic mass is 9.89. The van der Waals surface area contributed by atoms with Crippen molar-refractivity contribution in [3.05, 3.63) is 64.7 Å². The topological polar surface area (TPSA) is 66.5 Å². The highest BCUT2D eigenvalue weighted by Crippen LogP contribution is 2.26. The standard InChI is InChI=1S/C23H30N2O3S/c1-4-18-9-7-8-12-22(18)25(29(3,27)28)16-23(26)24-17(2)20-14-13-19-10-5-6-11-21(19)15-20/h7-9,12-15,17H,4-6,10-11,16H2,1-3H3,(H,24,26)/t17-/m0/s1. The summed E-state index contributed by atoms with van der Waals surface area (Å²) >= 11 is 0. The number of benzene rings is 2. The molecule has 0 saturated heterocycles. The molecular weight excluding hydrogens is 384 g/mol. The number of hydrogen-bond donors (Lipinski definition) is 1. The minimum absolute atomic E-state index is 0.183. The Hall–Kier alpha value is -2.34. The Morgan fingerprint density at radius 2 is 1.79 bits per heavy atom. The molecule has 0 heterocycles. The van der Waals surface area contributed by atoms with E-state index in [1.807, 2.05) is 26.0 Å². The maximum atomic E-state index is 12.7. The van der Waals surface area contributed by atoms with Crippen molar-refractivity contribution in [2.24, 2.45) is 0 Å². The Morgan fingerprint density at radius 3 is 2.48 bits per heavy atom. The maximum Gasteiger partial charge on any atom is 0.241 e. The van der Waals surface area contributed by atoms with Gasteiger partial charge in [0.05, 0.1) is 18.0 Å². The van der Waals surface area contributed by atoms with E-state index in [1.54, 1.807) is 12.1 Å². The molecule has 1 atom stereocenters. The van der Waals surface area contributed by atoms with Gasteiger partial charge in [-0.15, -0.1) is 0 Å². The fourth-order valence-electron chi connectivity index (χ4n) is 3.96. The number of fused-ring (bicyclic) bond motifs is 1. The number of anilines is 1. The lowest BCUT2D eigenvalue weighted by Gasteiger charge is -2.25. The minimum atomic E-state index is -3.59. The van der Waals surface area contributed by atoms with Gasteiger partial charge in [0.25, 0.3) is 0 Å². The second-order valence-electron chi connectivity index (χ2n) is 7.78. The number of nitrogens with one attached hydrogen (secondary N) is 1. The average molecular weight is 415 g/mol. The van der Waals surface area contributed by atoms with Crippen LogP contribution in [0, 0.1) is 0 Å². The Morgan fingerprint density at radius 1 is 1.10 bits per heavy atom. The largest absolute Gasteiger partial charge is 0.348 e. The van der Waals surface area contributed by atoms with E-state index in [9.17, 15) is 13.2 Å². The third kappa shape index (κ3) is 5.18. The first-order valence-electron chi connectivity index (χ1n) is 10.3. The normalized spacial score (nSPS) is 14.7. The van der Waals surface area contributed by atoms with Gasteiger partial charge in [-0.05, 0) is 67.3 Å². The maximum absolute atomic E-state index is 12.7. The number of hydrogen-bond acceptors (Lipinski definition) is 3. The summed E-state index contributed by atoms with van der Waals surface area (Å²) in [5.74, 6) is -0.313. The zero-order chi connectivity index (χ0) is 21.0. The monoisotopic (exact) mass is 414 g/mol. The van der Waals surface area contributed by atoms with E-state index < -0.39 is 10.0 Å². The average Bonchev–Trinajstić information content (AvgIpc) is 2.70. The van der Waals surface area contributed by atoms with Gasteiger partial charge in [-0.3, -0.25) is 9.10 Å². The summed E-state index contributed by atoms with van der Waals surface area (Å²) in [4.78, 5) is 12.7. The minimum Gasteiger partial charge on any atom is -0.348 e. The summed E-state index contributed by atoms with van der Waals surface area (Å²) in [5.41, 5.74) is 5.28. The molecule has 0 unspecified atom stereocenters. The van der Waals surface area contributed by atoms with Crippen LogP contribution in [-0.4, -0.2) is 27.1 Å². The van der Waals surface area contributed by atoms with Gasteiger partial charge in [-0.1, -0.05) is 43.3 Å². The summed E-state index contributed by atoms with van der Waals surface area (Å²) in [6, 6.07) is 13.5. The van der Waals surface area contributed by atoms with E-state index in [4.69, 9.17) is 0 Å². The van der Waals surface area contributed by atoms with Gasteiger partial charge < -0.3 is 5.32 Å². The highest BCUT2D eigenvalue weighted by Gasteiger charge is 2.23. The molecule has 5 nitrogen and oxygen atoms in total. The SMILES string of the molecule is CCc1ccccc1N(CC(=O)N[C@@H](C)c1ccc2c(c1)CCCC2)S(C)(=O)=O. The summed E-state index contributed by atoms with van der Waals surface area (Å²) in [6.07, 6.45) is 6.47. The molecule has 1 N–H and O–H groups in total. The highest BCUT2D eigenvalue weighted by atomic mass is 32.2. The molecule has 6 heteroatoms. The van der Waals surface area contributed by atoms with Crippen LogP contribution in [0.4, 0.5) is 5.69 Å². The quantitative estimate of drug-likeness (QED) is 0.750. The van der Waals surface area contributed by atoms with Gasteiger partial charge in [0.1, 0.15) is 6.54 Å². The van der Waals surface area contributed by atoms with Crippen LogP contribution in [-0.2, 0) is 34.1 Å². The second-order valence-corrected chi connectivity index (χ2v) is 9.68. The molecule has 3 rings (SSSR count). The zero-order valence-electron chi connectivity index (χ0n) is 17.4. The van der Waals surface area contributed by atoms with Crippen LogP contribution in [0.5, 0.6) is 0 Å². The van der Waals surface area contributed by atoms with Crippen molar-refractivity contribution in [1.29, 1.82) is 0 Å². The fourth-order valence-corrected chi connectivity index (χ4v) is 4.84. The van der Waals surface area contributed by atoms with E-state index >= 15 is 0 Å². The Kier molecular flexibility index (Phi) is 6.63. The van der Waals surface area contributed by atoms with Crippen LogP contribution in [0.15, 0.2) is 42.5 Å². The van der Waals surface area contributed by atoms with Gasteiger partial charge in [0.15, 0.2) is 0 Å². The number of nitrogens with zero attached hydrogens (tertiary/aromatic N) is 1. The highest BCUT2D eigenvalue weighted by molar-refractivity contribution is 7.92. The van der Waals surface area contributed by atoms with Gasteiger partial charge >= 0.3 is 0 Å². The Balaban J connectivity index is 1.75. The van der Waals surface area contributed by atoms with Crippen molar-refractivity contribution in [2.75, 3.05) is 17.1 Å². The van der Waals surface area contributed by atoms with Gasteiger partial charge in [0, 0.05) is 0 Å². The van der Waals surface area contributed by atoms with Crippen molar-refractivity contribution >= 4 is 21.6 Å². The first-order valence-corrected chi connectivity index (χ1v) is 12.1. The summed E-state index contributed by atoms with van der Waals surface area (Å²) < 4.78 is 26.0. The van der Waals surface area contributed by atoms with E-state index in [2.05, 4.69) is 23.5 Å². The van der Waals surface area contributed by atoms with Crippen molar-refractivity contribution in [3.63, 3.8) is 0 Å². The molecule has 0 aliphatic heterocycles. The van der Waals surface area contributed by atoms with Crippen molar-refractivity contribution in [2.45, 2.75) is 52.0 Å². The van der Waals surface area contributed by atoms with Crippen LogP contribution in [0.25, 0.3) is 0 Å². The first kappa shape index (κ1) is 21.4. The number of para-hydroxylation sites is 1. The third-order valence-corrected chi connectivity index (χ3v) is 6.71. The molecule has 2 aromatic rings.